The van der Waals surface area contributed by atoms with Crippen molar-refractivity contribution in [3.05, 3.63) is 99.0 Å². The van der Waals surface area contributed by atoms with Crippen LogP contribution in [0.15, 0.2) is 48.5 Å². The summed E-state index contributed by atoms with van der Waals surface area (Å²) in [5, 5.41) is 25.9. The molecule has 0 fully saturated rings. The molecule has 1 aliphatic heterocycles. The van der Waals surface area contributed by atoms with Crippen LogP contribution < -0.4 is 4.74 Å². The summed E-state index contributed by atoms with van der Waals surface area (Å²) in [4.78, 5) is 12.7. The monoisotopic (exact) mass is 657 g/mol. The lowest BCUT2D eigenvalue weighted by atomic mass is 9.97. The second-order valence-electron chi connectivity index (χ2n) is 11.8. The summed E-state index contributed by atoms with van der Waals surface area (Å²) in [6, 6.07) is 14.7. The van der Waals surface area contributed by atoms with Crippen LogP contribution in [0.3, 0.4) is 0 Å². The predicted octanol–water partition coefficient (Wildman–Crippen LogP) is 8.03. The molecule has 2 N–H and O–H groups in total. The van der Waals surface area contributed by atoms with E-state index >= 15 is 0 Å². The number of aromatic nitrogens is 5. The fraction of sp³-hybridized carbons (Fsp3) is 0.286. The standard InChI is InChI=1S/C35H33ClFN5O3S/c1-19-31-29-10-9-27(36)33(31)32-20(2)38-39-28(32)18-46-17-24-16-25(41(3)40-24)7-5-21-13-22-15-23(37)6-8-26(22)30(14-21)45-12-4-11-42(29)34(19)35(43)44/h6,8-10,13-16H,4-5,7,11-12,17-18H2,1-3H3,(H,38,39)(H,43,44). The van der Waals surface area contributed by atoms with E-state index < -0.39 is 5.97 Å². The van der Waals surface area contributed by atoms with Gasteiger partial charge in [0.1, 0.15) is 17.3 Å². The van der Waals surface area contributed by atoms with E-state index in [0.29, 0.717) is 47.4 Å². The van der Waals surface area contributed by atoms with E-state index in [4.69, 9.17) is 21.4 Å². The van der Waals surface area contributed by atoms with E-state index in [-0.39, 0.29) is 11.5 Å². The van der Waals surface area contributed by atoms with Crippen LogP contribution >= 0.6 is 23.4 Å². The van der Waals surface area contributed by atoms with E-state index in [2.05, 4.69) is 16.3 Å². The number of nitrogens with one attached hydrogen (secondary N) is 1. The van der Waals surface area contributed by atoms with Crippen LogP contribution in [0, 0.1) is 19.7 Å². The van der Waals surface area contributed by atoms with Gasteiger partial charge in [0.25, 0.3) is 0 Å². The van der Waals surface area contributed by atoms with Crippen molar-refractivity contribution in [1.82, 2.24) is 24.5 Å². The minimum absolute atomic E-state index is 0.228. The number of aromatic amines is 1. The van der Waals surface area contributed by atoms with Gasteiger partial charge in [-0.05, 0) is 92.1 Å². The lowest BCUT2D eigenvalue weighted by Gasteiger charge is -2.14. The zero-order chi connectivity index (χ0) is 32.1. The van der Waals surface area contributed by atoms with Gasteiger partial charge in [-0.3, -0.25) is 9.78 Å². The Morgan fingerprint density at radius 2 is 1.93 bits per heavy atom. The Morgan fingerprint density at radius 1 is 1.09 bits per heavy atom. The molecule has 7 rings (SSSR count). The normalized spacial score (nSPS) is 14.3. The minimum atomic E-state index is -0.999. The lowest BCUT2D eigenvalue weighted by Crippen LogP contribution is -2.12. The van der Waals surface area contributed by atoms with E-state index in [1.807, 2.05) is 54.4 Å². The number of hydrogen-bond acceptors (Lipinski definition) is 5. The fourth-order valence-corrected chi connectivity index (χ4v) is 7.82. The number of benzene rings is 3. The third-order valence-corrected chi connectivity index (χ3v) is 10.1. The third kappa shape index (κ3) is 5.43. The first-order valence-corrected chi connectivity index (χ1v) is 16.8. The number of carboxylic acids is 1. The summed E-state index contributed by atoms with van der Waals surface area (Å²) in [6.07, 6.45) is 2.06. The molecule has 8 bridgehead atoms. The summed E-state index contributed by atoms with van der Waals surface area (Å²) in [6.45, 7) is 4.58. The summed E-state index contributed by atoms with van der Waals surface area (Å²) in [5.74, 6) is 0.709. The van der Waals surface area contributed by atoms with Crippen LogP contribution in [-0.2, 0) is 37.9 Å². The summed E-state index contributed by atoms with van der Waals surface area (Å²) in [5.41, 5.74) is 8.24. The highest BCUT2D eigenvalue weighted by Crippen LogP contribution is 2.42. The van der Waals surface area contributed by atoms with Gasteiger partial charge in [-0.15, -0.1) is 11.8 Å². The van der Waals surface area contributed by atoms with E-state index in [1.165, 1.54) is 12.1 Å². The van der Waals surface area contributed by atoms with Crippen LogP contribution in [0.5, 0.6) is 5.75 Å². The first kappa shape index (κ1) is 30.4. The van der Waals surface area contributed by atoms with Gasteiger partial charge in [0.05, 0.1) is 18.0 Å². The predicted molar refractivity (Wildman–Crippen MR) is 181 cm³/mol. The average Bonchev–Trinajstić information content (AvgIpc) is 3.65. The number of aryl methyl sites for hydroxylation is 6. The maximum absolute atomic E-state index is 14.3. The van der Waals surface area contributed by atoms with Crippen molar-refractivity contribution >= 4 is 51.0 Å². The highest BCUT2D eigenvalue weighted by molar-refractivity contribution is 7.97. The molecule has 8 nitrogen and oxygen atoms in total. The van der Waals surface area contributed by atoms with E-state index in [9.17, 15) is 14.3 Å². The van der Waals surface area contributed by atoms with Gasteiger partial charge >= 0.3 is 5.97 Å². The molecule has 0 saturated carbocycles. The third-order valence-electron chi connectivity index (χ3n) is 8.80. The number of halogens is 2. The number of carbonyl (C=O) groups is 1. The van der Waals surface area contributed by atoms with Crippen molar-refractivity contribution in [2.24, 2.45) is 7.05 Å². The second kappa shape index (κ2) is 12.1. The molecule has 0 spiro atoms. The van der Waals surface area contributed by atoms with Crippen molar-refractivity contribution in [2.75, 3.05) is 6.61 Å². The number of thioether (sulfide) groups is 1. The van der Waals surface area contributed by atoms with Crippen LogP contribution in [0.25, 0.3) is 32.8 Å². The van der Waals surface area contributed by atoms with Crippen LogP contribution in [0.4, 0.5) is 4.39 Å². The number of carboxylic acid groups (broad SMARTS) is 1. The zero-order valence-corrected chi connectivity index (χ0v) is 27.4. The smallest absolute Gasteiger partial charge is 0.352 e. The van der Waals surface area contributed by atoms with E-state index in [0.717, 1.165) is 74.0 Å². The average molecular weight is 658 g/mol. The summed E-state index contributed by atoms with van der Waals surface area (Å²) in [7, 11) is 1.96. The van der Waals surface area contributed by atoms with Gasteiger partial charge in [0, 0.05) is 68.9 Å². The maximum atomic E-state index is 14.3. The topological polar surface area (TPSA) is 98.0 Å². The summed E-state index contributed by atoms with van der Waals surface area (Å²) < 4.78 is 24.4. The Morgan fingerprint density at radius 3 is 2.76 bits per heavy atom. The molecule has 0 unspecified atom stereocenters. The number of hydrogen-bond donors (Lipinski definition) is 2. The molecule has 4 heterocycles. The number of H-pyrrole nitrogens is 1. The van der Waals surface area contributed by atoms with Crippen molar-refractivity contribution in [3.63, 3.8) is 0 Å². The van der Waals surface area contributed by atoms with Crippen molar-refractivity contribution in [3.8, 4) is 16.9 Å². The molecular formula is C35H33ClFN5O3S. The molecule has 0 amide bonds. The molecular weight excluding hydrogens is 625 g/mol. The molecule has 3 aromatic carbocycles. The fourth-order valence-electron chi connectivity index (χ4n) is 6.71. The van der Waals surface area contributed by atoms with E-state index in [1.54, 1.807) is 17.8 Å². The van der Waals surface area contributed by atoms with Crippen molar-refractivity contribution in [2.45, 2.75) is 51.2 Å². The molecule has 3 aromatic heterocycles. The minimum Gasteiger partial charge on any atom is -0.493 e. The first-order valence-electron chi connectivity index (χ1n) is 15.2. The Hall–Kier alpha value is -4.28. The number of fused-ring (bicyclic) bond motifs is 8. The second-order valence-corrected chi connectivity index (χ2v) is 13.2. The van der Waals surface area contributed by atoms with Crippen LogP contribution in [0.2, 0.25) is 5.02 Å². The molecule has 236 valence electrons. The number of nitrogens with zero attached hydrogens (tertiary/aromatic N) is 4. The van der Waals surface area contributed by atoms with Gasteiger partial charge in [0.2, 0.25) is 0 Å². The van der Waals surface area contributed by atoms with Crippen molar-refractivity contribution < 1.29 is 19.0 Å². The zero-order valence-electron chi connectivity index (χ0n) is 25.8. The Balaban J connectivity index is 1.35. The Kier molecular flexibility index (Phi) is 8.02. The van der Waals surface area contributed by atoms with Gasteiger partial charge < -0.3 is 14.4 Å². The van der Waals surface area contributed by atoms with Crippen LogP contribution in [0.1, 0.15) is 50.8 Å². The number of ether oxygens (including phenoxy) is 1. The van der Waals surface area contributed by atoms with Gasteiger partial charge in [-0.25, -0.2) is 9.18 Å². The number of aromatic carboxylic acids is 1. The molecule has 6 aromatic rings. The van der Waals surface area contributed by atoms with Gasteiger partial charge in [-0.2, -0.15) is 10.2 Å². The van der Waals surface area contributed by atoms with Crippen LogP contribution in [-0.4, -0.2) is 42.2 Å². The Labute approximate surface area is 274 Å². The molecule has 0 aliphatic carbocycles. The molecule has 0 saturated heterocycles. The number of rotatable bonds is 1. The van der Waals surface area contributed by atoms with Gasteiger partial charge in [0.15, 0.2) is 0 Å². The highest BCUT2D eigenvalue weighted by Gasteiger charge is 2.26. The molecule has 46 heavy (non-hydrogen) atoms. The molecule has 0 atom stereocenters. The molecule has 1 aliphatic rings. The van der Waals surface area contributed by atoms with Gasteiger partial charge in [-0.1, -0.05) is 17.7 Å². The highest BCUT2D eigenvalue weighted by atomic mass is 35.5. The summed E-state index contributed by atoms with van der Waals surface area (Å²) >= 11 is 8.63. The maximum Gasteiger partial charge on any atom is 0.352 e. The SMILES string of the molecule is Cc1[nH]nc2c1-c1c(Cl)ccc3c1c(C)c(C(=O)O)n3CCCOc1cc(cc3cc(F)ccc13)CCc1cc(nn1C)CSC2. The lowest BCUT2D eigenvalue weighted by molar-refractivity contribution is 0.0684. The first-order chi connectivity index (χ1) is 22.2. The largest absolute Gasteiger partial charge is 0.493 e. The van der Waals surface area contributed by atoms with Crippen molar-refractivity contribution in [1.29, 1.82) is 0 Å². The quantitative estimate of drug-likeness (QED) is 0.186. The Bertz CT molecular complexity index is 2150. The molecule has 0 radical (unpaired) electrons. The molecule has 11 heteroatoms.